The van der Waals surface area contributed by atoms with Crippen molar-refractivity contribution in [1.29, 1.82) is 0 Å². The summed E-state index contributed by atoms with van der Waals surface area (Å²) in [5.74, 6) is -1.24. The zero-order valence-electron chi connectivity index (χ0n) is 8.22. The van der Waals surface area contributed by atoms with Gasteiger partial charge in [-0.2, -0.15) is 0 Å². The maximum absolute atomic E-state index is 12.8. The number of nitrogens with one attached hydrogen (secondary N) is 1. The van der Waals surface area contributed by atoms with Crippen LogP contribution in [0.5, 0.6) is 0 Å². The van der Waals surface area contributed by atoms with E-state index in [1.54, 1.807) is 7.05 Å². The maximum atomic E-state index is 12.8. The molecule has 1 aromatic carbocycles. The fourth-order valence-electron chi connectivity index (χ4n) is 0.953. The Hall–Kier alpha value is -1.10. The van der Waals surface area contributed by atoms with Crippen LogP contribution >= 0.6 is 11.8 Å². The summed E-state index contributed by atoms with van der Waals surface area (Å²) >= 11 is 1.32. The predicted molar refractivity (Wildman–Crippen MR) is 55.8 cm³/mol. The maximum Gasteiger partial charge on any atom is 0.220 e. The van der Waals surface area contributed by atoms with Gasteiger partial charge in [-0.25, -0.2) is 8.78 Å². The van der Waals surface area contributed by atoms with E-state index in [1.165, 1.54) is 17.8 Å². The molecular formula is C10H11F2NOS. The van der Waals surface area contributed by atoms with Crippen molar-refractivity contribution >= 4 is 17.7 Å². The van der Waals surface area contributed by atoms with Gasteiger partial charge in [-0.1, -0.05) is 0 Å². The largest absolute Gasteiger partial charge is 0.359 e. The molecule has 0 aliphatic rings. The molecule has 82 valence electrons. The molecule has 5 heteroatoms. The molecule has 1 rings (SSSR count). The summed E-state index contributed by atoms with van der Waals surface area (Å²) in [7, 11) is 1.56. The normalized spacial score (nSPS) is 10.1. The Morgan fingerprint density at radius 3 is 2.73 bits per heavy atom. The first-order valence-electron chi connectivity index (χ1n) is 4.42. The number of benzene rings is 1. The van der Waals surface area contributed by atoms with E-state index >= 15 is 0 Å². The van der Waals surface area contributed by atoms with Crippen molar-refractivity contribution in [1.82, 2.24) is 5.32 Å². The highest BCUT2D eigenvalue weighted by atomic mass is 32.2. The number of rotatable bonds is 4. The van der Waals surface area contributed by atoms with E-state index in [1.807, 2.05) is 0 Å². The van der Waals surface area contributed by atoms with Gasteiger partial charge in [0.05, 0.1) is 0 Å². The van der Waals surface area contributed by atoms with Gasteiger partial charge in [0.15, 0.2) is 11.6 Å². The molecule has 0 heterocycles. The molecule has 0 radical (unpaired) electrons. The highest BCUT2D eigenvalue weighted by Crippen LogP contribution is 2.20. The Labute approximate surface area is 91.1 Å². The lowest BCUT2D eigenvalue weighted by atomic mass is 10.3. The van der Waals surface area contributed by atoms with Crippen LogP contribution < -0.4 is 5.32 Å². The van der Waals surface area contributed by atoms with Crippen LogP contribution in [0.4, 0.5) is 8.78 Å². The lowest BCUT2D eigenvalue weighted by Crippen LogP contribution is -2.17. The van der Waals surface area contributed by atoms with Crippen molar-refractivity contribution in [2.24, 2.45) is 0 Å². The van der Waals surface area contributed by atoms with Crippen LogP contribution in [0.1, 0.15) is 6.42 Å². The van der Waals surface area contributed by atoms with Crippen molar-refractivity contribution < 1.29 is 13.6 Å². The molecule has 0 atom stereocenters. The third-order valence-corrected chi connectivity index (χ3v) is 2.76. The van der Waals surface area contributed by atoms with Crippen LogP contribution in [-0.4, -0.2) is 18.7 Å². The second-order valence-electron chi connectivity index (χ2n) is 2.85. The fraction of sp³-hybridized carbons (Fsp3) is 0.300. The number of amides is 1. The van der Waals surface area contributed by atoms with E-state index in [2.05, 4.69) is 5.32 Å². The molecule has 0 aliphatic heterocycles. The quantitative estimate of drug-likeness (QED) is 0.805. The zero-order valence-corrected chi connectivity index (χ0v) is 9.04. The van der Waals surface area contributed by atoms with E-state index < -0.39 is 11.6 Å². The average molecular weight is 231 g/mol. The lowest BCUT2D eigenvalue weighted by molar-refractivity contribution is -0.120. The molecule has 1 amide bonds. The molecule has 15 heavy (non-hydrogen) atoms. The van der Waals surface area contributed by atoms with Crippen LogP contribution in [0.3, 0.4) is 0 Å². The molecule has 0 unspecified atom stereocenters. The summed E-state index contributed by atoms with van der Waals surface area (Å²) in [6.07, 6.45) is 0.361. The minimum absolute atomic E-state index is 0.0647. The number of hydrogen-bond acceptors (Lipinski definition) is 2. The van der Waals surface area contributed by atoms with Crippen molar-refractivity contribution in [3.8, 4) is 0 Å². The summed E-state index contributed by atoms with van der Waals surface area (Å²) in [5, 5.41) is 2.49. The van der Waals surface area contributed by atoms with Crippen molar-refractivity contribution in [2.75, 3.05) is 12.8 Å². The third-order valence-electron chi connectivity index (χ3n) is 1.77. The van der Waals surface area contributed by atoms with Gasteiger partial charge in [-0.15, -0.1) is 11.8 Å². The second-order valence-corrected chi connectivity index (χ2v) is 4.02. The summed E-state index contributed by atoms with van der Waals surface area (Å²) in [5.41, 5.74) is 0. The van der Waals surface area contributed by atoms with Crippen LogP contribution in [0, 0.1) is 11.6 Å². The van der Waals surface area contributed by atoms with Crippen LogP contribution in [0.25, 0.3) is 0 Å². The highest BCUT2D eigenvalue weighted by Gasteiger charge is 2.03. The summed E-state index contributed by atoms with van der Waals surface area (Å²) < 4.78 is 25.3. The molecule has 2 nitrogen and oxygen atoms in total. The lowest BCUT2D eigenvalue weighted by Gasteiger charge is -2.01. The summed E-state index contributed by atoms with van der Waals surface area (Å²) in [4.78, 5) is 11.5. The summed E-state index contributed by atoms with van der Waals surface area (Å²) in [6, 6.07) is 3.70. The van der Waals surface area contributed by atoms with Crippen molar-refractivity contribution in [2.45, 2.75) is 11.3 Å². The first-order valence-corrected chi connectivity index (χ1v) is 5.40. The Morgan fingerprint density at radius 1 is 1.40 bits per heavy atom. The number of carbonyl (C=O) groups is 1. The van der Waals surface area contributed by atoms with Gasteiger partial charge in [0, 0.05) is 24.1 Å². The van der Waals surface area contributed by atoms with E-state index in [-0.39, 0.29) is 5.91 Å². The standard InChI is InChI=1S/C10H11F2NOS/c1-13-10(14)4-5-15-7-2-3-8(11)9(12)6-7/h2-3,6H,4-5H2,1H3,(H,13,14). The van der Waals surface area contributed by atoms with Crippen molar-refractivity contribution in [3.63, 3.8) is 0 Å². The zero-order chi connectivity index (χ0) is 11.3. The minimum Gasteiger partial charge on any atom is -0.359 e. The van der Waals surface area contributed by atoms with Crippen LogP contribution in [-0.2, 0) is 4.79 Å². The average Bonchev–Trinajstić information content (AvgIpc) is 2.23. The SMILES string of the molecule is CNC(=O)CCSc1ccc(F)c(F)c1. The number of halogens is 2. The van der Waals surface area contributed by atoms with E-state index in [4.69, 9.17) is 0 Å². The molecule has 0 spiro atoms. The molecule has 1 N–H and O–H groups in total. The number of carbonyl (C=O) groups excluding carboxylic acids is 1. The summed E-state index contributed by atoms with van der Waals surface area (Å²) in [6.45, 7) is 0. The van der Waals surface area contributed by atoms with Gasteiger partial charge in [0.1, 0.15) is 0 Å². The Morgan fingerprint density at radius 2 is 2.13 bits per heavy atom. The minimum atomic E-state index is -0.861. The first-order chi connectivity index (χ1) is 7.13. The van der Waals surface area contributed by atoms with Crippen molar-refractivity contribution in [3.05, 3.63) is 29.8 Å². The van der Waals surface area contributed by atoms with Gasteiger partial charge in [0.2, 0.25) is 5.91 Å². The molecule has 0 saturated carbocycles. The van der Waals surface area contributed by atoms with Gasteiger partial charge >= 0.3 is 0 Å². The van der Waals surface area contributed by atoms with E-state index in [0.717, 1.165) is 12.1 Å². The fourth-order valence-corrected chi connectivity index (χ4v) is 1.83. The van der Waals surface area contributed by atoms with Crippen LogP contribution in [0.15, 0.2) is 23.1 Å². The molecular weight excluding hydrogens is 220 g/mol. The predicted octanol–water partition coefficient (Wildman–Crippen LogP) is 2.19. The molecule has 0 fully saturated rings. The van der Waals surface area contributed by atoms with Gasteiger partial charge in [0.25, 0.3) is 0 Å². The third kappa shape index (κ3) is 3.87. The van der Waals surface area contributed by atoms with Gasteiger partial charge in [-0.3, -0.25) is 4.79 Å². The monoisotopic (exact) mass is 231 g/mol. The number of thioether (sulfide) groups is 1. The molecule has 1 aromatic rings. The van der Waals surface area contributed by atoms with E-state index in [9.17, 15) is 13.6 Å². The topological polar surface area (TPSA) is 29.1 Å². The molecule has 0 aromatic heterocycles. The number of hydrogen-bond donors (Lipinski definition) is 1. The van der Waals surface area contributed by atoms with Gasteiger partial charge in [-0.05, 0) is 18.2 Å². The second kappa shape index (κ2) is 5.70. The van der Waals surface area contributed by atoms with Gasteiger partial charge < -0.3 is 5.32 Å². The molecule has 0 saturated heterocycles. The Balaban J connectivity index is 2.44. The first kappa shape index (κ1) is 12.0. The van der Waals surface area contributed by atoms with E-state index in [0.29, 0.717) is 17.1 Å². The molecule has 0 bridgehead atoms. The van der Waals surface area contributed by atoms with Crippen LogP contribution in [0.2, 0.25) is 0 Å². The smallest absolute Gasteiger partial charge is 0.220 e. The highest BCUT2D eigenvalue weighted by molar-refractivity contribution is 7.99. The Bertz CT molecular complexity index is 357. The molecule has 0 aliphatic carbocycles. The Kier molecular flexibility index (Phi) is 4.55.